The van der Waals surface area contributed by atoms with Gasteiger partial charge >= 0.3 is 6.09 Å². The molecule has 7 heteroatoms. The van der Waals surface area contributed by atoms with Crippen molar-refractivity contribution in [1.82, 2.24) is 15.1 Å². The number of hydrogen-bond acceptors (Lipinski definition) is 6. The maximum absolute atomic E-state index is 12.0. The van der Waals surface area contributed by atoms with Crippen molar-refractivity contribution < 1.29 is 9.53 Å². The van der Waals surface area contributed by atoms with E-state index in [1.165, 1.54) is 0 Å². The van der Waals surface area contributed by atoms with E-state index in [0.29, 0.717) is 19.1 Å². The Kier molecular flexibility index (Phi) is 5.17. The van der Waals surface area contributed by atoms with Crippen LogP contribution in [0.1, 0.15) is 25.3 Å². The molecule has 1 fully saturated rings. The lowest BCUT2D eigenvalue weighted by molar-refractivity contribution is 0.0943. The van der Waals surface area contributed by atoms with E-state index in [4.69, 9.17) is 4.74 Å². The number of hydrogen-bond donors (Lipinski definition) is 0. The molecule has 1 aromatic rings. The van der Waals surface area contributed by atoms with Crippen LogP contribution in [0.3, 0.4) is 0 Å². The van der Waals surface area contributed by atoms with Crippen LogP contribution < -0.4 is 4.90 Å². The minimum absolute atomic E-state index is 0.200. The van der Waals surface area contributed by atoms with Gasteiger partial charge in [0, 0.05) is 26.2 Å². The Labute approximate surface area is 123 Å². The summed E-state index contributed by atoms with van der Waals surface area (Å²) in [5, 5.41) is 10.1. The van der Waals surface area contributed by atoms with Crippen molar-refractivity contribution in [2.24, 2.45) is 5.92 Å². The number of aryl methyl sites for hydroxylation is 1. The van der Waals surface area contributed by atoms with Crippen molar-refractivity contribution in [3.8, 4) is 0 Å². The Balaban J connectivity index is 1.87. The normalized spacial score (nSPS) is 16.4. The van der Waals surface area contributed by atoms with Crippen LogP contribution in [0.5, 0.6) is 0 Å². The van der Waals surface area contributed by atoms with Crippen molar-refractivity contribution in [1.29, 1.82) is 0 Å². The molecule has 112 valence electrons. The van der Waals surface area contributed by atoms with Crippen molar-refractivity contribution in [2.45, 2.75) is 27.2 Å². The lowest BCUT2D eigenvalue weighted by Crippen LogP contribution is -2.36. The van der Waals surface area contributed by atoms with Crippen LogP contribution in [0.2, 0.25) is 0 Å². The summed E-state index contributed by atoms with van der Waals surface area (Å²) in [5.74, 6) is 0.367. The molecule has 1 saturated heterocycles. The lowest BCUT2D eigenvalue weighted by Gasteiger charge is -2.21. The molecule has 1 aromatic heterocycles. The van der Waals surface area contributed by atoms with Crippen LogP contribution >= 0.6 is 11.3 Å². The molecule has 0 saturated carbocycles. The fraction of sp³-hybridized carbons (Fsp3) is 0.769. The molecule has 6 nitrogen and oxygen atoms in total. The van der Waals surface area contributed by atoms with Crippen molar-refractivity contribution >= 4 is 22.6 Å². The predicted molar refractivity (Wildman–Crippen MR) is 79.2 cm³/mol. The van der Waals surface area contributed by atoms with Crippen molar-refractivity contribution in [2.75, 3.05) is 37.7 Å². The SMILES string of the molecule is Cc1nnc(N2CCCN(C(=O)OCC(C)C)CC2)s1. The van der Waals surface area contributed by atoms with Crippen LogP contribution in [0.4, 0.5) is 9.93 Å². The molecule has 1 aliphatic rings. The topological polar surface area (TPSA) is 58.6 Å². The largest absolute Gasteiger partial charge is 0.449 e. The molecule has 1 aliphatic heterocycles. The second-order valence-electron chi connectivity index (χ2n) is 5.40. The van der Waals surface area contributed by atoms with Gasteiger partial charge in [-0.05, 0) is 19.3 Å². The van der Waals surface area contributed by atoms with Crippen LogP contribution in [0.25, 0.3) is 0 Å². The Hall–Kier alpha value is -1.37. The lowest BCUT2D eigenvalue weighted by atomic mass is 10.2. The molecule has 0 aliphatic carbocycles. The molecular weight excluding hydrogens is 276 g/mol. The van der Waals surface area contributed by atoms with Crippen LogP contribution in [0.15, 0.2) is 0 Å². The average Bonchev–Trinajstić information content (AvgIpc) is 2.70. The average molecular weight is 298 g/mol. The molecule has 0 unspecified atom stereocenters. The van der Waals surface area contributed by atoms with Gasteiger partial charge in [0.2, 0.25) is 5.13 Å². The molecule has 0 atom stereocenters. The Morgan fingerprint density at radius 1 is 1.30 bits per heavy atom. The number of carbonyl (C=O) groups is 1. The van der Waals surface area contributed by atoms with Gasteiger partial charge in [0.05, 0.1) is 6.61 Å². The van der Waals surface area contributed by atoms with Gasteiger partial charge in [0.25, 0.3) is 0 Å². The van der Waals surface area contributed by atoms with Crippen molar-refractivity contribution in [3.63, 3.8) is 0 Å². The molecular formula is C13H22N4O2S. The molecule has 0 N–H and O–H groups in total. The number of carbonyl (C=O) groups excluding carboxylic acids is 1. The fourth-order valence-corrected chi connectivity index (χ4v) is 2.77. The molecule has 0 spiro atoms. The number of nitrogens with zero attached hydrogens (tertiary/aromatic N) is 4. The van der Waals surface area contributed by atoms with Gasteiger partial charge in [-0.2, -0.15) is 0 Å². The molecule has 1 amide bonds. The molecule has 2 heterocycles. The summed E-state index contributed by atoms with van der Waals surface area (Å²) in [4.78, 5) is 15.9. The Morgan fingerprint density at radius 3 is 2.75 bits per heavy atom. The first-order valence-corrected chi connectivity index (χ1v) is 7.84. The standard InChI is InChI=1S/C13H22N4O2S/c1-10(2)9-19-13(18)17-6-4-5-16(7-8-17)12-15-14-11(3)20-12/h10H,4-9H2,1-3H3. The first-order valence-electron chi connectivity index (χ1n) is 7.03. The van der Waals surface area contributed by atoms with Crippen LogP contribution in [-0.4, -0.2) is 54.0 Å². The smallest absolute Gasteiger partial charge is 0.409 e. The molecule has 20 heavy (non-hydrogen) atoms. The van der Waals surface area contributed by atoms with Gasteiger partial charge in [0.15, 0.2) is 0 Å². The van der Waals surface area contributed by atoms with Gasteiger partial charge < -0.3 is 14.5 Å². The predicted octanol–water partition coefficient (Wildman–Crippen LogP) is 2.15. The summed E-state index contributed by atoms with van der Waals surface area (Å²) in [6.07, 6.45) is 0.726. The van der Waals surface area contributed by atoms with Gasteiger partial charge in [0.1, 0.15) is 5.01 Å². The number of anilines is 1. The van der Waals surface area contributed by atoms with Crippen LogP contribution in [0, 0.1) is 12.8 Å². The number of amides is 1. The van der Waals surface area contributed by atoms with E-state index in [0.717, 1.165) is 36.2 Å². The quantitative estimate of drug-likeness (QED) is 0.856. The third kappa shape index (κ3) is 4.06. The molecule has 2 rings (SSSR count). The first-order chi connectivity index (χ1) is 9.56. The fourth-order valence-electron chi connectivity index (χ4n) is 2.03. The van der Waals surface area contributed by atoms with Crippen molar-refractivity contribution in [3.05, 3.63) is 5.01 Å². The highest BCUT2D eigenvalue weighted by atomic mass is 32.1. The summed E-state index contributed by atoms with van der Waals surface area (Å²) in [6, 6.07) is 0. The third-order valence-electron chi connectivity index (χ3n) is 3.08. The Morgan fingerprint density at radius 2 is 2.10 bits per heavy atom. The first kappa shape index (κ1) is 15.0. The summed E-state index contributed by atoms with van der Waals surface area (Å²) >= 11 is 1.60. The maximum atomic E-state index is 12.0. The minimum Gasteiger partial charge on any atom is -0.449 e. The molecule has 0 bridgehead atoms. The zero-order chi connectivity index (χ0) is 14.5. The van der Waals surface area contributed by atoms with E-state index >= 15 is 0 Å². The highest BCUT2D eigenvalue weighted by Gasteiger charge is 2.22. The van der Waals surface area contributed by atoms with Gasteiger partial charge in [-0.25, -0.2) is 4.79 Å². The third-order valence-corrected chi connectivity index (χ3v) is 3.98. The summed E-state index contributed by atoms with van der Waals surface area (Å²) in [6.45, 7) is 9.61. The van der Waals surface area contributed by atoms with E-state index in [1.54, 1.807) is 16.2 Å². The number of ether oxygens (including phenoxy) is 1. The molecule has 0 aromatic carbocycles. The zero-order valence-corrected chi connectivity index (χ0v) is 13.2. The van der Waals surface area contributed by atoms with Gasteiger partial charge in [-0.3, -0.25) is 0 Å². The number of rotatable bonds is 3. The van der Waals surface area contributed by atoms with E-state index in [2.05, 4.69) is 15.1 Å². The molecule has 0 radical (unpaired) electrons. The van der Waals surface area contributed by atoms with E-state index in [9.17, 15) is 4.79 Å². The van der Waals surface area contributed by atoms with Gasteiger partial charge in [-0.1, -0.05) is 25.2 Å². The van der Waals surface area contributed by atoms with Crippen LogP contribution in [-0.2, 0) is 4.74 Å². The highest BCUT2D eigenvalue weighted by molar-refractivity contribution is 7.15. The van der Waals surface area contributed by atoms with E-state index in [-0.39, 0.29) is 6.09 Å². The maximum Gasteiger partial charge on any atom is 0.409 e. The summed E-state index contributed by atoms with van der Waals surface area (Å²) in [5.41, 5.74) is 0. The highest BCUT2D eigenvalue weighted by Crippen LogP contribution is 2.21. The summed E-state index contributed by atoms with van der Waals surface area (Å²) in [7, 11) is 0. The zero-order valence-electron chi connectivity index (χ0n) is 12.3. The second kappa shape index (κ2) is 6.88. The van der Waals surface area contributed by atoms with E-state index < -0.39 is 0 Å². The van der Waals surface area contributed by atoms with Gasteiger partial charge in [-0.15, -0.1) is 10.2 Å². The summed E-state index contributed by atoms with van der Waals surface area (Å²) < 4.78 is 5.29. The van der Waals surface area contributed by atoms with E-state index in [1.807, 2.05) is 20.8 Å². The Bertz CT molecular complexity index is 449. The minimum atomic E-state index is -0.200. The monoisotopic (exact) mass is 298 g/mol. The second-order valence-corrected chi connectivity index (χ2v) is 6.56. The number of aromatic nitrogens is 2.